The lowest BCUT2D eigenvalue weighted by Gasteiger charge is -2.38. The van der Waals surface area contributed by atoms with E-state index in [9.17, 15) is 18.3 Å². The number of hydrogen-bond donors (Lipinski definition) is 2. The lowest BCUT2D eigenvalue weighted by molar-refractivity contribution is -0.156. The van der Waals surface area contributed by atoms with Gasteiger partial charge in [0.1, 0.15) is 18.8 Å². The van der Waals surface area contributed by atoms with Crippen molar-refractivity contribution in [3.63, 3.8) is 0 Å². The standard InChI is InChI=1S/C18H38N2O6S.ClH/c1-12(21)15(19)16(22)25-11-14(26-13(2)17(3,4)5)10-20(18(6,7)8)27(9,23)24;/h12-15,21H,10-11,19H2,1-9H3;1H/t12-,13+,14+,15+;/m1./s1. The van der Waals surface area contributed by atoms with E-state index in [0.717, 1.165) is 6.26 Å². The lowest BCUT2D eigenvalue weighted by atomic mass is 9.90. The number of aliphatic hydroxyl groups excluding tert-OH is 1. The van der Waals surface area contributed by atoms with Crippen molar-refractivity contribution in [2.45, 2.75) is 85.3 Å². The fourth-order valence-corrected chi connectivity index (χ4v) is 3.62. The van der Waals surface area contributed by atoms with Crippen LogP contribution >= 0.6 is 12.4 Å². The summed E-state index contributed by atoms with van der Waals surface area (Å²) >= 11 is 0. The van der Waals surface area contributed by atoms with Crippen LogP contribution < -0.4 is 5.73 Å². The molecule has 8 nitrogen and oxygen atoms in total. The predicted molar refractivity (Wildman–Crippen MR) is 113 cm³/mol. The smallest absolute Gasteiger partial charge is 0.325 e. The van der Waals surface area contributed by atoms with E-state index in [4.69, 9.17) is 15.2 Å². The topological polar surface area (TPSA) is 119 Å². The highest BCUT2D eigenvalue weighted by Crippen LogP contribution is 2.25. The number of sulfonamides is 1. The van der Waals surface area contributed by atoms with Crippen molar-refractivity contribution in [1.82, 2.24) is 4.31 Å². The minimum absolute atomic E-state index is 0. The highest BCUT2D eigenvalue weighted by molar-refractivity contribution is 7.88. The molecule has 0 fully saturated rings. The molecule has 170 valence electrons. The van der Waals surface area contributed by atoms with Crippen molar-refractivity contribution in [3.05, 3.63) is 0 Å². The van der Waals surface area contributed by atoms with Crippen LogP contribution in [0.15, 0.2) is 0 Å². The van der Waals surface area contributed by atoms with Gasteiger partial charge in [-0.05, 0) is 40.0 Å². The first kappa shape index (κ1) is 29.7. The van der Waals surface area contributed by atoms with Crippen molar-refractivity contribution in [2.24, 2.45) is 11.1 Å². The third-order valence-corrected chi connectivity index (χ3v) is 5.83. The Hall–Kier alpha value is -0.450. The summed E-state index contributed by atoms with van der Waals surface area (Å²) in [6.45, 7) is 14.5. The van der Waals surface area contributed by atoms with Crippen molar-refractivity contribution >= 4 is 28.4 Å². The molecule has 0 unspecified atom stereocenters. The Balaban J connectivity index is 0. The first-order valence-corrected chi connectivity index (χ1v) is 11.0. The number of rotatable bonds is 9. The molecule has 3 N–H and O–H groups in total. The van der Waals surface area contributed by atoms with Gasteiger partial charge in [-0.25, -0.2) is 8.42 Å². The number of esters is 1. The summed E-state index contributed by atoms with van der Waals surface area (Å²) in [5.41, 5.74) is 4.73. The number of carbonyl (C=O) groups excluding carboxylic acids is 1. The Labute approximate surface area is 176 Å². The summed E-state index contributed by atoms with van der Waals surface area (Å²) in [5, 5.41) is 9.42. The van der Waals surface area contributed by atoms with E-state index >= 15 is 0 Å². The predicted octanol–water partition coefficient (Wildman–Crippen LogP) is 1.54. The molecule has 28 heavy (non-hydrogen) atoms. The molecule has 0 aliphatic rings. The van der Waals surface area contributed by atoms with Crippen molar-refractivity contribution in [2.75, 3.05) is 19.4 Å². The number of nitrogens with two attached hydrogens (primary N) is 1. The van der Waals surface area contributed by atoms with Crippen LogP contribution in [0, 0.1) is 5.41 Å². The largest absolute Gasteiger partial charge is 0.462 e. The average molecular weight is 447 g/mol. The van der Waals surface area contributed by atoms with Crippen molar-refractivity contribution in [1.29, 1.82) is 0 Å². The van der Waals surface area contributed by atoms with E-state index in [0.29, 0.717) is 0 Å². The van der Waals surface area contributed by atoms with Gasteiger partial charge in [0.2, 0.25) is 10.0 Å². The van der Waals surface area contributed by atoms with Crippen LogP contribution in [0.4, 0.5) is 0 Å². The summed E-state index contributed by atoms with van der Waals surface area (Å²) in [4.78, 5) is 12.0. The van der Waals surface area contributed by atoms with Crippen LogP contribution in [0.3, 0.4) is 0 Å². The number of ether oxygens (including phenoxy) is 2. The maximum atomic E-state index is 12.2. The maximum absolute atomic E-state index is 12.2. The molecule has 0 saturated carbocycles. The Morgan fingerprint density at radius 2 is 1.61 bits per heavy atom. The minimum Gasteiger partial charge on any atom is -0.462 e. The molecular weight excluding hydrogens is 408 g/mol. The van der Waals surface area contributed by atoms with Gasteiger partial charge in [-0.1, -0.05) is 20.8 Å². The van der Waals surface area contributed by atoms with E-state index in [1.165, 1.54) is 11.2 Å². The Kier molecular flexibility index (Phi) is 11.8. The van der Waals surface area contributed by atoms with Crippen molar-refractivity contribution < 1.29 is 27.8 Å². The molecule has 0 aromatic heterocycles. The molecule has 0 aliphatic heterocycles. The van der Waals surface area contributed by atoms with Crippen LogP contribution in [0.25, 0.3) is 0 Å². The van der Waals surface area contributed by atoms with Crippen LogP contribution in [0.1, 0.15) is 55.4 Å². The van der Waals surface area contributed by atoms with Gasteiger partial charge in [-0.2, -0.15) is 4.31 Å². The van der Waals surface area contributed by atoms with Gasteiger partial charge in [0, 0.05) is 12.1 Å². The molecule has 0 aromatic carbocycles. The van der Waals surface area contributed by atoms with Gasteiger partial charge in [0.05, 0.1) is 18.5 Å². The Morgan fingerprint density at radius 3 is 1.93 bits per heavy atom. The number of hydrogen-bond acceptors (Lipinski definition) is 7. The fourth-order valence-electron chi connectivity index (χ4n) is 2.19. The van der Waals surface area contributed by atoms with E-state index in [2.05, 4.69) is 0 Å². The molecule has 0 bridgehead atoms. The summed E-state index contributed by atoms with van der Waals surface area (Å²) in [7, 11) is -3.51. The van der Waals surface area contributed by atoms with Crippen molar-refractivity contribution in [3.8, 4) is 0 Å². The van der Waals surface area contributed by atoms with Gasteiger partial charge in [0.15, 0.2) is 0 Å². The zero-order chi connectivity index (χ0) is 21.8. The summed E-state index contributed by atoms with van der Waals surface area (Å²) in [5.74, 6) is -0.760. The van der Waals surface area contributed by atoms with E-state index in [1.54, 1.807) is 20.8 Å². The molecule has 0 saturated heterocycles. The molecular formula is C18H39ClN2O6S. The monoisotopic (exact) mass is 446 g/mol. The fraction of sp³-hybridized carbons (Fsp3) is 0.944. The molecule has 10 heteroatoms. The van der Waals surface area contributed by atoms with Gasteiger partial charge >= 0.3 is 5.97 Å². The summed E-state index contributed by atoms with van der Waals surface area (Å²) < 4.78 is 37.0. The number of aliphatic hydroxyl groups is 1. The van der Waals surface area contributed by atoms with E-state index in [-0.39, 0.29) is 37.1 Å². The second kappa shape index (κ2) is 11.1. The lowest BCUT2D eigenvalue weighted by Crippen LogP contribution is -2.51. The minimum atomic E-state index is -3.51. The first-order valence-electron chi connectivity index (χ1n) is 9.11. The van der Waals surface area contributed by atoms with Crippen LogP contribution in [0.5, 0.6) is 0 Å². The van der Waals surface area contributed by atoms with Crippen LogP contribution in [0.2, 0.25) is 0 Å². The Bertz CT molecular complexity index is 584. The second-order valence-electron chi connectivity index (χ2n) is 9.13. The van der Waals surface area contributed by atoms with Gasteiger partial charge < -0.3 is 20.3 Å². The van der Waals surface area contributed by atoms with Crippen LogP contribution in [-0.4, -0.2) is 73.1 Å². The van der Waals surface area contributed by atoms with E-state index < -0.39 is 39.8 Å². The molecule has 0 aromatic rings. The molecule has 0 aliphatic carbocycles. The third kappa shape index (κ3) is 10.4. The number of nitrogens with zero attached hydrogens (tertiary/aromatic N) is 1. The zero-order valence-corrected chi connectivity index (χ0v) is 20.2. The maximum Gasteiger partial charge on any atom is 0.325 e. The van der Waals surface area contributed by atoms with Gasteiger partial charge in [-0.3, -0.25) is 4.79 Å². The highest BCUT2D eigenvalue weighted by Gasteiger charge is 2.34. The molecule has 0 heterocycles. The quantitative estimate of drug-likeness (QED) is 0.515. The first-order chi connectivity index (χ1) is 11.9. The number of carbonyl (C=O) groups is 1. The highest BCUT2D eigenvalue weighted by atomic mass is 35.5. The molecule has 0 spiro atoms. The number of halogens is 1. The summed E-state index contributed by atoms with van der Waals surface area (Å²) in [6.07, 6.45) is -0.809. The average Bonchev–Trinajstić information content (AvgIpc) is 2.44. The molecule has 0 rings (SSSR count). The normalized spacial score (nSPS) is 17.4. The zero-order valence-electron chi connectivity index (χ0n) is 18.6. The van der Waals surface area contributed by atoms with Gasteiger partial charge in [-0.15, -0.1) is 12.4 Å². The molecule has 4 atom stereocenters. The Morgan fingerprint density at radius 1 is 1.14 bits per heavy atom. The SMILES string of the molecule is C[C@H](O[C@H](COC(=O)[C@@H](N)[C@@H](C)O)CN(C(C)(C)C)S(C)(=O)=O)C(C)(C)C.Cl. The van der Waals surface area contributed by atoms with Gasteiger partial charge in [0.25, 0.3) is 0 Å². The molecule has 0 radical (unpaired) electrons. The van der Waals surface area contributed by atoms with Crippen LogP contribution in [-0.2, 0) is 24.3 Å². The second-order valence-corrected chi connectivity index (χ2v) is 11.0. The van der Waals surface area contributed by atoms with E-state index in [1.807, 2.05) is 27.7 Å². The third-order valence-electron chi connectivity index (χ3n) is 4.34. The molecule has 0 amide bonds. The summed E-state index contributed by atoms with van der Waals surface area (Å²) in [6, 6.07) is -1.17.